The normalized spacial score (nSPS) is 11.5. The van der Waals surface area contributed by atoms with Gasteiger partial charge in [-0.2, -0.15) is 0 Å². The maximum absolute atomic E-state index is 6.64. The van der Waals surface area contributed by atoms with Crippen molar-refractivity contribution in [1.82, 2.24) is 4.98 Å². The molecule has 3 nitrogen and oxygen atoms in total. The molecule has 4 heteroatoms. The number of aromatic nitrogens is 1. The van der Waals surface area contributed by atoms with Crippen LogP contribution in [0, 0.1) is 0 Å². The predicted molar refractivity (Wildman–Crippen MR) is 215 cm³/mol. The van der Waals surface area contributed by atoms with E-state index in [0.717, 1.165) is 60.7 Å². The fourth-order valence-electron chi connectivity index (χ4n) is 7.24. The summed E-state index contributed by atoms with van der Waals surface area (Å²) < 4.78 is 7.82. The van der Waals surface area contributed by atoms with Gasteiger partial charge in [-0.05, 0) is 76.2 Å². The van der Waals surface area contributed by atoms with Crippen molar-refractivity contribution < 1.29 is 4.42 Å². The average molecular weight is 671 g/mol. The van der Waals surface area contributed by atoms with Crippen LogP contribution >= 0.6 is 11.3 Å². The highest BCUT2D eigenvalue weighted by molar-refractivity contribution is 7.21. The lowest BCUT2D eigenvalue weighted by molar-refractivity contribution is 0.669. The molecule has 0 amide bonds. The van der Waals surface area contributed by atoms with Gasteiger partial charge in [0.15, 0.2) is 0 Å². The monoisotopic (exact) mass is 670 g/mol. The average Bonchev–Trinajstić information content (AvgIpc) is 3.81. The molecule has 240 valence electrons. The van der Waals surface area contributed by atoms with E-state index in [-0.39, 0.29) is 0 Å². The molecule has 0 saturated carbocycles. The molecule has 0 N–H and O–H groups in total. The number of hydrogen-bond acceptors (Lipinski definition) is 4. The second-order valence-corrected chi connectivity index (χ2v) is 13.8. The molecule has 0 radical (unpaired) electrons. The van der Waals surface area contributed by atoms with Crippen LogP contribution in [0.1, 0.15) is 0 Å². The molecule has 0 aliphatic heterocycles. The van der Waals surface area contributed by atoms with Crippen molar-refractivity contribution in [2.75, 3.05) is 4.90 Å². The van der Waals surface area contributed by atoms with Gasteiger partial charge in [0.2, 0.25) is 0 Å². The van der Waals surface area contributed by atoms with Crippen LogP contribution < -0.4 is 4.90 Å². The molecule has 0 fully saturated rings. The van der Waals surface area contributed by atoms with Crippen molar-refractivity contribution in [2.45, 2.75) is 0 Å². The van der Waals surface area contributed by atoms with E-state index in [2.05, 4.69) is 187 Å². The largest absolute Gasteiger partial charge is 0.456 e. The Morgan fingerprint density at radius 3 is 1.94 bits per heavy atom. The van der Waals surface area contributed by atoms with Crippen molar-refractivity contribution >= 4 is 71.3 Å². The maximum atomic E-state index is 6.64. The van der Waals surface area contributed by atoms with Crippen LogP contribution in [0.3, 0.4) is 0 Å². The van der Waals surface area contributed by atoms with Crippen LogP contribution in [0.25, 0.3) is 75.8 Å². The number of furan rings is 1. The molecular formula is C47H30N2OS. The fourth-order valence-corrected chi connectivity index (χ4v) is 8.26. The van der Waals surface area contributed by atoms with Crippen LogP contribution in [0.5, 0.6) is 0 Å². The lowest BCUT2D eigenvalue weighted by atomic mass is 10.0. The standard InChI is InChI=1S/C47H30N2OS/c1-3-11-31(12-4-1)33-21-24-36(25-22-33)49(37-17-9-16-35(29-37)32-13-5-2-6-14-32)38-26-27-40-43(30-38)50-42-20-10-19-41(45(40)42)47-48-46-39-18-8-7-15-34(39)23-28-44(46)51-47/h1-30H. The summed E-state index contributed by atoms with van der Waals surface area (Å²) >= 11 is 1.73. The van der Waals surface area contributed by atoms with Gasteiger partial charge in [0, 0.05) is 44.9 Å². The van der Waals surface area contributed by atoms with Crippen LogP contribution in [0.4, 0.5) is 17.1 Å². The van der Waals surface area contributed by atoms with Crippen molar-refractivity contribution in [2.24, 2.45) is 0 Å². The molecule has 0 bridgehead atoms. The van der Waals surface area contributed by atoms with Gasteiger partial charge in [0.25, 0.3) is 0 Å². The van der Waals surface area contributed by atoms with Crippen molar-refractivity contribution in [3.63, 3.8) is 0 Å². The highest BCUT2D eigenvalue weighted by atomic mass is 32.1. The Morgan fingerprint density at radius 2 is 1.12 bits per heavy atom. The molecule has 0 spiro atoms. The first-order valence-electron chi connectivity index (χ1n) is 17.1. The quantitative estimate of drug-likeness (QED) is 0.176. The van der Waals surface area contributed by atoms with Crippen LogP contribution in [0.15, 0.2) is 186 Å². The predicted octanol–water partition coefficient (Wildman–Crippen LogP) is 13.8. The van der Waals surface area contributed by atoms with Gasteiger partial charge >= 0.3 is 0 Å². The fraction of sp³-hybridized carbons (Fsp3) is 0. The number of nitrogens with zero attached hydrogens (tertiary/aromatic N) is 2. The number of hydrogen-bond donors (Lipinski definition) is 0. The summed E-state index contributed by atoms with van der Waals surface area (Å²) in [4.78, 5) is 7.52. The molecule has 0 aliphatic carbocycles. The SMILES string of the molecule is c1ccc(-c2ccc(N(c3cccc(-c4ccccc4)c3)c3ccc4c(c3)oc3cccc(-c5nc6c(ccc7ccccc76)s5)c34)cc2)cc1. The lowest BCUT2D eigenvalue weighted by Gasteiger charge is -2.26. The molecule has 0 saturated heterocycles. The molecule has 10 rings (SSSR count). The van der Waals surface area contributed by atoms with E-state index >= 15 is 0 Å². The zero-order valence-corrected chi connectivity index (χ0v) is 28.3. The van der Waals surface area contributed by atoms with E-state index in [1.807, 2.05) is 0 Å². The van der Waals surface area contributed by atoms with Gasteiger partial charge in [0.05, 0.1) is 10.2 Å². The van der Waals surface area contributed by atoms with E-state index < -0.39 is 0 Å². The molecule has 2 aromatic heterocycles. The van der Waals surface area contributed by atoms with Crippen molar-refractivity contribution in [3.8, 4) is 32.8 Å². The number of thiazole rings is 1. The van der Waals surface area contributed by atoms with Gasteiger partial charge in [-0.3, -0.25) is 0 Å². The second kappa shape index (κ2) is 12.1. The summed E-state index contributed by atoms with van der Waals surface area (Å²) in [6, 6.07) is 64.3. The van der Waals surface area contributed by atoms with E-state index in [0.29, 0.717) is 0 Å². The summed E-state index contributed by atoms with van der Waals surface area (Å²) in [5.74, 6) is 0. The highest BCUT2D eigenvalue weighted by Crippen LogP contribution is 2.44. The molecule has 8 aromatic carbocycles. The number of benzene rings is 8. The summed E-state index contributed by atoms with van der Waals surface area (Å²) in [7, 11) is 0. The van der Waals surface area contributed by atoms with Gasteiger partial charge in [-0.1, -0.05) is 127 Å². The Balaban J connectivity index is 1.12. The molecule has 2 heterocycles. The van der Waals surface area contributed by atoms with Crippen LogP contribution in [-0.4, -0.2) is 4.98 Å². The Kier molecular flexibility index (Phi) is 7.00. The zero-order chi connectivity index (χ0) is 33.7. The second-order valence-electron chi connectivity index (χ2n) is 12.8. The first-order chi connectivity index (χ1) is 25.3. The summed E-state index contributed by atoms with van der Waals surface area (Å²) in [6.45, 7) is 0. The summed E-state index contributed by atoms with van der Waals surface area (Å²) in [5.41, 5.74) is 11.7. The van der Waals surface area contributed by atoms with Crippen molar-refractivity contribution in [1.29, 1.82) is 0 Å². The minimum atomic E-state index is 0.839. The van der Waals surface area contributed by atoms with Gasteiger partial charge in [0.1, 0.15) is 16.2 Å². The molecule has 51 heavy (non-hydrogen) atoms. The van der Waals surface area contributed by atoms with Gasteiger partial charge in [-0.25, -0.2) is 4.98 Å². The minimum Gasteiger partial charge on any atom is -0.456 e. The first-order valence-corrected chi connectivity index (χ1v) is 17.9. The Labute approximate surface area is 299 Å². The van der Waals surface area contributed by atoms with E-state index in [9.17, 15) is 0 Å². The Morgan fingerprint density at radius 1 is 0.451 bits per heavy atom. The summed E-state index contributed by atoms with van der Waals surface area (Å²) in [5, 5.41) is 5.55. The molecular weight excluding hydrogens is 641 g/mol. The van der Waals surface area contributed by atoms with Gasteiger partial charge in [-0.15, -0.1) is 11.3 Å². The highest BCUT2D eigenvalue weighted by Gasteiger charge is 2.19. The van der Waals surface area contributed by atoms with Crippen LogP contribution in [0.2, 0.25) is 0 Å². The number of anilines is 3. The van der Waals surface area contributed by atoms with Crippen LogP contribution in [-0.2, 0) is 0 Å². The molecule has 10 aromatic rings. The molecule has 0 aliphatic rings. The third-order valence-electron chi connectivity index (χ3n) is 9.70. The molecule has 0 unspecified atom stereocenters. The number of rotatable bonds is 6. The van der Waals surface area contributed by atoms with E-state index in [1.54, 1.807) is 11.3 Å². The third kappa shape index (κ3) is 5.16. The van der Waals surface area contributed by atoms with E-state index in [4.69, 9.17) is 9.40 Å². The third-order valence-corrected chi connectivity index (χ3v) is 10.8. The minimum absolute atomic E-state index is 0.839. The summed E-state index contributed by atoms with van der Waals surface area (Å²) in [6.07, 6.45) is 0. The maximum Gasteiger partial charge on any atom is 0.137 e. The van der Waals surface area contributed by atoms with Gasteiger partial charge < -0.3 is 9.32 Å². The number of fused-ring (bicyclic) bond motifs is 6. The topological polar surface area (TPSA) is 29.3 Å². The zero-order valence-electron chi connectivity index (χ0n) is 27.5. The van der Waals surface area contributed by atoms with E-state index in [1.165, 1.54) is 32.2 Å². The smallest absolute Gasteiger partial charge is 0.137 e. The first kappa shape index (κ1) is 29.4. The Bertz CT molecular complexity index is 2850. The molecule has 0 atom stereocenters. The lowest BCUT2D eigenvalue weighted by Crippen LogP contribution is -2.10. The Hall–Kier alpha value is -6.49. The van der Waals surface area contributed by atoms with Crippen molar-refractivity contribution in [3.05, 3.63) is 182 Å².